The van der Waals surface area contributed by atoms with E-state index in [1.54, 1.807) is 6.26 Å². The Bertz CT molecular complexity index is 1080. The maximum atomic E-state index is 14.1. The lowest BCUT2D eigenvalue weighted by molar-refractivity contribution is -0.141. The number of amides is 1. The summed E-state index contributed by atoms with van der Waals surface area (Å²) >= 11 is 0. The Morgan fingerprint density at radius 2 is 1.91 bits per heavy atom. The number of fused-ring (bicyclic) bond motifs is 1. The van der Waals surface area contributed by atoms with Crippen molar-refractivity contribution < 1.29 is 18.7 Å². The van der Waals surface area contributed by atoms with Crippen molar-refractivity contribution in [3.05, 3.63) is 71.5 Å². The smallest absolute Gasteiger partial charge is 0.233 e. The highest BCUT2D eigenvalue weighted by atomic mass is 16.5. The predicted molar refractivity (Wildman–Crippen MR) is 124 cm³/mol. The topological polar surface area (TPSA) is 51.9 Å². The summed E-state index contributed by atoms with van der Waals surface area (Å²) in [6.45, 7) is 5.93. The molecule has 0 saturated carbocycles. The van der Waals surface area contributed by atoms with Gasteiger partial charge in [-0.1, -0.05) is 42.0 Å². The van der Waals surface area contributed by atoms with Crippen LogP contribution in [-0.4, -0.2) is 50.3 Å². The molecular weight excluding hydrogens is 402 g/mol. The summed E-state index contributed by atoms with van der Waals surface area (Å²) in [6, 6.07) is 16.7. The first-order valence-corrected chi connectivity index (χ1v) is 11.6. The summed E-state index contributed by atoms with van der Waals surface area (Å²) < 4.78 is 17.2. The van der Waals surface area contributed by atoms with Gasteiger partial charge in [0.25, 0.3) is 0 Å². The number of ether oxygens (including phenoxy) is 2. The number of hydrogen-bond acceptors (Lipinski definition) is 4. The van der Waals surface area contributed by atoms with E-state index in [4.69, 9.17) is 13.9 Å². The summed E-state index contributed by atoms with van der Waals surface area (Å²) in [5, 5.41) is 1.15. The number of hydrogen-bond donors (Lipinski definition) is 0. The Hall–Kier alpha value is -2.63. The first-order chi connectivity index (χ1) is 15.7. The summed E-state index contributed by atoms with van der Waals surface area (Å²) in [5.41, 5.74) is 3.95. The van der Waals surface area contributed by atoms with Crippen LogP contribution in [0.5, 0.6) is 0 Å². The normalized spacial score (nSPS) is 21.4. The number of benzene rings is 2. The van der Waals surface area contributed by atoms with Crippen LogP contribution in [0.15, 0.2) is 59.2 Å². The van der Waals surface area contributed by atoms with Crippen molar-refractivity contribution in [2.45, 2.75) is 31.6 Å². The van der Waals surface area contributed by atoms with Gasteiger partial charge in [-0.25, -0.2) is 0 Å². The van der Waals surface area contributed by atoms with Crippen LogP contribution in [0.2, 0.25) is 0 Å². The van der Waals surface area contributed by atoms with Gasteiger partial charge in [0, 0.05) is 37.6 Å². The van der Waals surface area contributed by atoms with Gasteiger partial charge in [0.1, 0.15) is 5.58 Å². The summed E-state index contributed by atoms with van der Waals surface area (Å²) in [5.74, 6) is 0.472. The lowest BCUT2D eigenvalue weighted by Crippen LogP contribution is -2.51. The SMILES string of the molecule is Cc1cccc(C2(C(=O)N3CCOCC(Cc4cccc5occc45)C3)CCOCC2)c1. The standard InChI is InChI=1S/C27H31NO4/c1-20-4-2-6-23(16-20)27(9-13-30-14-10-27)26(29)28-11-15-31-19-21(18-28)17-22-5-3-7-25-24(22)8-12-32-25/h2-8,12,16,21H,9-11,13-15,17-19H2,1H3. The molecule has 5 nitrogen and oxygen atoms in total. The highest BCUT2D eigenvalue weighted by Gasteiger charge is 2.44. The largest absolute Gasteiger partial charge is 0.464 e. The van der Waals surface area contributed by atoms with E-state index in [2.05, 4.69) is 42.2 Å². The Morgan fingerprint density at radius 3 is 2.75 bits per heavy atom. The van der Waals surface area contributed by atoms with E-state index in [0.717, 1.165) is 35.8 Å². The van der Waals surface area contributed by atoms with Gasteiger partial charge in [-0.2, -0.15) is 0 Å². The van der Waals surface area contributed by atoms with E-state index in [9.17, 15) is 4.79 Å². The number of carbonyl (C=O) groups excluding carboxylic acids is 1. The van der Waals surface area contributed by atoms with Crippen molar-refractivity contribution in [1.82, 2.24) is 4.90 Å². The third-order valence-electron chi connectivity index (χ3n) is 7.05. The highest BCUT2D eigenvalue weighted by molar-refractivity contribution is 5.88. The fraction of sp³-hybridized carbons (Fsp3) is 0.444. The zero-order valence-electron chi connectivity index (χ0n) is 18.7. The molecule has 168 valence electrons. The van der Waals surface area contributed by atoms with Crippen LogP contribution in [0.25, 0.3) is 11.0 Å². The molecule has 1 amide bonds. The van der Waals surface area contributed by atoms with Crippen molar-refractivity contribution >= 4 is 16.9 Å². The van der Waals surface area contributed by atoms with Gasteiger partial charge in [-0.05, 0) is 49.4 Å². The molecule has 3 heterocycles. The Labute approximate surface area is 189 Å². The molecule has 1 unspecified atom stereocenters. The third kappa shape index (κ3) is 4.07. The van der Waals surface area contributed by atoms with Crippen molar-refractivity contribution in [2.24, 2.45) is 5.92 Å². The first-order valence-electron chi connectivity index (χ1n) is 11.6. The van der Waals surface area contributed by atoms with Gasteiger partial charge in [-0.3, -0.25) is 4.79 Å². The van der Waals surface area contributed by atoms with Crippen molar-refractivity contribution in [3.63, 3.8) is 0 Å². The average Bonchev–Trinajstić information content (AvgIpc) is 3.19. The maximum absolute atomic E-state index is 14.1. The predicted octanol–water partition coefficient (Wildman–Crippen LogP) is 4.51. The van der Waals surface area contributed by atoms with Gasteiger partial charge >= 0.3 is 0 Å². The summed E-state index contributed by atoms with van der Waals surface area (Å²) in [6.07, 6.45) is 4.06. The van der Waals surface area contributed by atoms with E-state index < -0.39 is 5.41 Å². The molecule has 0 radical (unpaired) electrons. The minimum absolute atomic E-state index is 0.225. The number of aryl methyl sites for hydroxylation is 1. The molecule has 0 N–H and O–H groups in total. The molecule has 2 aromatic carbocycles. The van der Waals surface area contributed by atoms with E-state index in [1.165, 1.54) is 11.1 Å². The average molecular weight is 434 g/mol. The van der Waals surface area contributed by atoms with Crippen molar-refractivity contribution in [2.75, 3.05) is 39.5 Å². The van der Waals surface area contributed by atoms with Gasteiger partial charge in [-0.15, -0.1) is 0 Å². The van der Waals surface area contributed by atoms with Crippen LogP contribution in [0.3, 0.4) is 0 Å². The Balaban J connectivity index is 1.40. The quantitative estimate of drug-likeness (QED) is 0.608. The van der Waals surface area contributed by atoms with Gasteiger partial charge < -0.3 is 18.8 Å². The fourth-order valence-electron chi connectivity index (χ4n) is 5.33. The maximum Gasteiger partial charge on any atom is 0.233 e. The lowest BCUT2D eigenvalue weighted by atomic mass is 9.72. The van der Waals surface area contributed by atoms with Gasteiger partial charge in [0.05, 0.1) is 24.9 Å². The second-order valence-electron chi connectivity index (χ2n) is 9.21. The van der Waals surface area contributed by atoms with Crippen molar-refractivity contribution in [1.29, 1.82) is 0 Å². The molecule has 0 aliphatic carbocycles. The molecule has 2 fully saturated rings. The third-order valence-corrected chi connectivity index (χ3v) is 7.05. The molecule has 32 heavy (non-hydrogen) atoms. The van der Waals surface area contributed by atoms with Crippen molar-refractivity contribution in [3.8, 4) is 0 Å². The van der Waals surface area contributed by atoms with Crippen LogP contribution < -0.4 is 0 Å². The Kier molecular flexibility index (Phi) is 6.03. The minimum atomic E-state index is -0.510. The van der Waals surface area contributed by atoms with E-state index in [1.807, 2.05) is 18.2 Å². The van der Waals surface area contributed by atoms with E-state index in [0.29, 0.717) is 39.5 Å². The first kappa shape index (κ1) is 21.2. The molecule has 5 heteroatoms. The molecule has 1 atom stereocenters. The molecule has 2 aliphatic heterocycles. The Morgan fingerprint density at radius 1 is 1.06 bits per heavy atom. The number of carbonyl (C=O) groups is 1. The van der Waals surface area contributed by atoms with E-state index >= 15 is 0 Å². The fourth-order valence-corrected chi connectivity index (χ4v) is 5.33. The second-order valence-corrected chi connectivity index (χ2v) is 9.21. The minimum Gasteiger partial charge on any atom is -0.464 e. The highest BCUT2D eigenvalue weighted by Crippen LogP contribution is 2.38. The number of nitrogens with zero attached hydrogens (tertiary/aromatic N) is 1. The molecule has 2 aliphatic rings. The molecular formula is C27H31NO4. The zero-order valence-corrected chi connectivity index (χ0v) is 18.7. The molecule has 0 bridgehead atoms. The molecule has 5 rings (SSSR count). The van der Waals surface area contributed by atoms with Crippen LogP contribution in [0.4, 0.5) is 0 Å². The number of furan rings is 1. The van der Waals surface area contributed by atoms with Crippen LogP contribution >= 0.6 is 0 Å². The lowest BCUT2D eigenvalue weighted by Gasteiger charge is -2.40. The van der Waals surface area contributed by atoms with Crippen LogP contribution in [0.1, 0.15) is 29.5 Å². The van der Waals surface area contributed by atoms with Crippen LogP contribution in [-0.2, 0) is 26.1 Å². The number of rotatable bonds is 4. The van der Waals surface area contributed by atoms with Gasteiger partial charge in [0.15, 0.2) is 0 Å². The van der Waals surface area contributed by atoms with Crippen LogP contribution in [0, 0.1) is 12.8 Å². The monoisotopic (exact) mass is 433 g/mol. The molecule has 3 aromatic rings. The molecule has 2 saturated heterocycles. The second kappa shape index (κ2) is 9.08. The molecule has 1 aromatic heterocycles. The summed E-state index contributed by atoms with van der Waals surface area (Å²) in [7, 11) is 0. The van der Waals surface area contributed by atoms with Gasteiger partial charge in [0.2, 0.25) is 5.91 Å². The zero-order chi connectivity index (χ0) is 22.0. The summed E-state index contributed by atoms with van der Waals surface area (Å²) in [4.78, 5) is 16.2. The van der Waals surface area contributed by atoms with E-state index in [-0.39, 0.29) is 11.8 Å². The molecule has 0 spiro atoms.